The van der Waals surface area contributed by atoms with Crippen molar-refractivity contribution >= 4 is 43.8 Å². The summed E-state index contributed by atoms with van der Waals surface area (Å²) < 4.78 is 6.91. The molecule has 0 saturated heterocycles. The van der Waals surface area contributed by atoms with E-state index in [1.165, 1.54) is 109 Å². The van der Waals surface area contributed by atoms with E-state index in [9.17, 15) is 0 Å². The fourth-order valence-corrected chi connectivity index (χ4v) is 30.5. The summed E-state index contributed by atoms with van der Waals surface area (Å²) in [6.07, 6.45) is 19.3. The minimum Gasteiger partial charge on any atom is -0.147 e. The van der Waals surface area contributed by atoms with E-state index < -0.39 is 17.4 Å². The van der Waals surface area contributed by atoms with Gasteiger partial charge in [0.15, 0.2) is 0 Å². The van der Waals surface area contributed by atoms with E-state index >= 15 is 0 Å². The Bertz CT molecular complexity index is 1840. The molecule has 0 amide bonds. The fraction of sp³-hybridized carbons (Fsp3) is 0.391. The Kier molecular flexibility index (Phi) is 11.2. The summed E-state index contributed by atoms with van der Waals surface area (Å²) in [5.74, 6) is 1.70. The third-order valence-corrected chi connectivity index (χ3v) is 30.4. The summed E-state index contributed by atoms with van der Waals surface area (Å²) in [6.45, 7) is 6.96. The van der Waals surface area contributed by atoms with Gasteiger partial charge >= 0.3 is 295 Å². The molecule has 0 aromatic heterocycles. The van der Waals surface area contributed by atoms with Gasteiger partial charge in [-0.2, -0.15) is 0 Å². The average molecular weight is 799 g/mol. The first-order valence-electron chi connectivity index (χ1n) is 19.0. The second-order valence-corrected chi connectivity index (χ2v) is 47.8. The van der Waals surface area contributed by atoms with Crippen LogP contribution in [-0.2, 0) is 17.4 Å². The quantitative estimate of drug-likeness (QED) is 0.156. The first kappa shape index (κ1) is 37.8. The molecule has 4 aromatic rings. The van der Waals surface area contributed by atoms with Crippen molar-refractivity contribution in [2.45, 2.75) is 94.6 Å². The Labute approximate surface area is 317 Å². The molecule has 8 rings (SSSR count). The van der Waals surface area contributed by atoms with Gasteiger partial charge in [-0.05, 0) is 0 Å². The van der Waals surface area contributed by atoms with Crippen LogP contribution in [0.25, 0.3) is 34.4 Å². The topological polar surface area (TPSA) is 0 Å². The third kappa shape index (κ3) is 6.94. The van der Waals surface area contributed by atoms with Crippen molar-refractivity contribution in [3.05, 3.63) is 129 Å². The summed E-state index contributed by atoms with van der Waals surface area (Å²) >= 11 is -3.75. The number of aryl methyl sites for hydroxylation is 2. The summed E-state index contributed by atoms with van der Waals surface area (Å²) in [7, 11) is 0. The summed E-state index contributed by atoms with van der Waals surface area (Å²) in [4.78, 5) is 0. The maximum Gasteiger partial charge on any atom is -0.147 e. The van der Waals surface area contributed by atoms with Gasteiger partial charge in [0, 0.05) is 0 Å². The van der Waals surface area contributed by atoms with Crippen molar-refractivity contribution in [2.24, 2.45) is 11.8 Å². The Balaban J connectivity index is 0.00000216. The number of hydrogen-bond donors (Lipinski definition) is 0. The number of halogens is 2. The molecule has 50 heavy (non-hydrogen) atoms. The smallest absolute Gasteiger partial charge is 0.147 e. The molecule has 4 heteroatoms. The minimum absolute atomic E-state index is 0. The van der Waals surface area contributed by atoms with Crippen molar-refractivity contribution in [1.82, 2.24) is 0 Å². The van der Waals surface area contributed by atoms with Gasteiger partial charge in [0.1, 0.15) is 0 Å². The van der Waals surface area contributed by atoms with Crippen molar-refractivity contribution in [3.8, 4) is 22.3 Å². The molecule has 4 aliphatic rings. The fourth-order valence-electron chi connectivity index (χ4n) is 10.8. The van der Waals surface area contributed by atoms with Crippen LogP contribution in [0.1, 0.15) is 105 Å². The first-order chi connectivity index (χ1) is 23.1. The zero-order valence-corrected chi connectivity index (χ0v) is 36.1. The zero-order valence-electron chi connectivity index (χ0n) is 30.6. The largest absolute Gasteiger partial charge is 0.147 e. The zero-order chi connectivity index (χ0) is 33.1. The maximum atomic E-state index is 2.88. The van der Waals surface area contributed by atoms with E-state index in [1.54, 1.807) is 22.3 Å². The average Bonchev–Trinajstić information content (AvgIpc) is 3.88. The number of hydrogen-bond acceptors (Lipinski definition) is 0. The first-order valence-corrected chi connectivity index (χ1v) is 32.7. The normalized spacial score (nSPS) is 20.5. The van der Waals surface area contributed by atoms with E-state index in [0.717, 1.165) is 11.8 Å². The maximum absolute atomic E-state index is 3.75. The Morgan fingerprint density at radius 2 is 0.900 bits per heavy atom. The number of benzene rings is 4. The van der Waals surface area contributed by atoms with Gasteiger partial charge in [0.25, 0.3) is 0 Å². The van der Waals surface area contributed by atoms with Gasteiger partial charge in [-0.3, -0.25) is 0 Å². The van der Waals surface area contributed by atoms with E-state index in [0.29, 0.717) is 7.25 Å². The second-order valence-electron chi connectivity index (χ2n) is 17.3. The van der Waals surface area contributed by atoms with Crippen LogP contribution in [-0.4, -0.2) is 6.88 Å². The van der Waals surface area contributed by atoms with Crippen LogP contribution < -0.4 is 0 Å². The molecule has 2 atom stereocenters. The number of fused-ring (bicyclic) bond motifs is 2. The van der Waals surface area contributed by atoms with E-state index in [4.69, 9.17) is 0 Å². The van der Waals surface area contributed by atoms with Crippen LogP contribution in [0.5, 0.6) is 0 Å². The van der Waals surface area contributed by atoms with Crippen molar-refractivity contribution in [1.29, 1.82) is 0 Å². The molecule has 4 aliphatic carbocycles. The van der Waals surface area contributed by atoms with E-state index in [2.05, 4.69) is 127 Å². The standard InChI is InChI=1S/2C22H23.2CH3.2ClH.H2Si.Zr/c2*1-16-9-11-19(12-10-16)21-8-4-7-20-14-18(15-22(20)21)13-17-5-2-3-6-17;;;;;;/h2*4,7-12,14-15,17H,2-3,5-6,13H2,1H3;2*1H3;2*1H;1H2;. The Hall–Kier alpha value is -1.96. The number of rotatable bonds is 8. The molecule has 2 unspecified atom stereocenters. The van der Waals surface area contributed by atoms with Gasteiger partial charge in [-0.1, -0.05) is 0 Å². The van der Waals surface area contributed by atoms with Crippen LogP contribution in [0.2, 0.25) is 9.26 Å². The Morgan fingerprint density at radius 3 is 1.26 bits per heavy atom. The molecular formula is C46H56Cl2SiZr. The van der Waals surface area contributed by atoms with Crippen LogP contribution in [0, 0.1) is 25.7 Å². The van der Waals surface area contributed by atoms with E-state index in [1.807, 2.05) is 0 Å². The molecular weight excluding hydrogens is 743 g/mol. The molecule has 0 heterocycles. The van der Waals surface area contributed by atoms with Crippen LogP contribution in [0.3, 0.4) is 0 Å². The second kappa shape index (κ2) is 14.8. The molecule has 4 aromatic carbocycles. The summed E-state index contributed by atoms with van der Waals surface area (Å²) in [5, 5.41) is 0. The molecule has 2 saturated carbocycles. The molecule has 0 N–H and O–H groups in total. The molecule has 0 aliphatic heterocycles. The summed E-state index contributed by atoms with van der Waals surface area (Å²) in [6, 6.07) is 33.2. The van der Waals surface area contributed by atoms with Gasteiger partial charge in [0.05, 0.1) is 0 Å². The van der Waals surface area contributed by atoms with Crippen LogP contribution >= 0.6 is 24.8 Å². The molecule has 0 nitrogen and oxygen atoms in total. The summed E-state index contributed by atoms with van der Waals surface area (Å²) in [5.41, 5.74) is 18.2. The van der Waals surface area contributed by atoms with Gasteiger partial charge in [-0.25, -0.2) is 0 Å². The van der Waals surface area contributed by atoms with Crippen LogP contribution in [0.15, 0.2) is 96.1 Å². The predicted molar refractivity (Wildman–Crippen MR) is 223 cm³/mol. The van der Waals surface area contributed by atoms with Crippen molar-refractivity contribution in [3.63, 3.8) is 0 Å². The third-order valence-electron chi connectivity index (χ3n) is 12.9. The Morgan fingerprint density at radius 1 is 0.540 bits per heavy atom. The molecule has 262 valence electrons. The molecule has 2 fully saturated rings. The van der Waals surface area contributed by atoms with Crippen molar-refractivity contribution < 1.29 is 17.4 Å². The monoisotopic (exact) mass is 796 g/mol. The van der Waals surface area contributed by atoms with Gasteiger partial charge < -0.3 is 0 Å². The van der Waals surface area contributed by atoms with Gasteiger partial charge in [0.2, 0.25) is 0 Å². The van der Waals surface area contributed by atoms with Crippen molar-refractivity contribution in [2.75, 3.05) is 0 Å². The predicted octanol–water partition coefficient (Wildman–Crippen LogP) is 13.6. The minimum atomic E-state index is -3.75. The van der Waals surface area contributed by atoms with Crippen LogP contribution in [0.4, 0.5) is 0 Å². The molecule has 0 radical (unpaired) electrons. The SMILES string of the molecule is Cc1ccc(-c2cccc3c2C=C(CC2CCCC2)[CH]3[Zr]([CH3])([CH3])(=[SiH2])[CH]2C(CC3CCCC3)=Cc3c(-c4ccc(C)cc4)cccc32)cc1.Cl.Cl. The van der Waals surface area contributed by atoms with Gasteiger partial charge in [-0.15, -0.1) is 24.8 Å². The molecule has 0 bridgehead atoms. The molecule has 0 spiro atoms. The number of allylic oxidation sites excluding steroid dienone is 2. The van der Waals surface area contributed by atoms with E-state index in [-0.39, 0.29) is 24.8 Å².